The molecule has 4 atom stereocenters. The highest BCUT2D eigenvalue weighted by Crippen LogP contribution is 2.43. The summed E-state index contributed by atoms with van der Waals surface area (Å²) in [4.78, 5) is 16.8. The van der Waals surface area contributed by atoms with E-state index >= 15 is 0 Å². The Hall–Kier alpha value is -4.28. The first kappa shape index (κ1) is 29.8. The maximum atomic E-state index is 12.6. The van der Waals surface area contributed by atoms with Crippen LogP contribution in [0.25, 0.3) is 11.1 Å². The molecule has 0 saturated carbocycles. The van der Waals surface area contributed by atoms with Crippen LogP contribution in [0.2, 0.25) is 0 Å². The lowest BCUT2D eigenvalue weighted by Crippen LogP contribution is -2.38. The molecule has 1 amide bonds. The molecule has 1 aliphatic rings. The zero-order chi connectivity index (χ0) is 30.3. The number of ether oxygens (including phenoxy) is 2. The third-order valence-corrected chi connectivity index (χ3v) is 8.77. The largest absolute Gasteiger partial charge is 0.392 e. The summed E-state index contributed by atoms with van der Waals surface area (Å²) in [6.07, 6.45) is 0.596. The van der Waals surface area contributed by atoms with Crippen molar-refractivity contribution < 1.29 is 19.4 Å². The molecule has 44 heavy (non-hydrogen) atoms. The highest BCUT2D eigenvalue weighted by molar-refractivity contribution is 7.99. The van der Waals surface area contributed by atoms with E-state index in [4.69, 9.17) is 9.47 Å². The lowest BCUT2D eigenvalue weighted by Gasteiger charge is -2.41. The van der Waals surface area contributed by atoms with Gasteiger partial charge in [0.25, 0.3) is 5.91 Å². The van der Waals surface area contributed by atoms with E-state index in [1.54, 1.807) is 23.9 Å². The predicted octanol–water partition coefficient (Wildman–Crippen LogP) is 6.48. The summed E-state index contributed by atoms with van der Waals surface area (Å²) in [6, 6.07) is 33.5. The summed E-state index contributed by atoms with van der Waals surface area (Å²) >= 11 is 1.57. The second-order valence-electron chi connectivity index (χ2n) is 10.8. The van der Waals surface area contributed by atoms with E-state index in [0.29, 0.717) is 17.9 Å². The Balaban J connectivity index is 1.22. The number of hydrogen-bond acceptors (Lipinski definition) is 7. The van der Waals surface area contributed by atoms with E-state index in [2.05, 4.69) is 51.7 Å². The number of aliphatic hydroxyl groups excluding tert-OH is 1. The number of carbonyl (C=O) groups is 1. The van der Waals surface area contributed by atoms with Gasteiger partial charge in [0.1, 0.15) is 6.33 Å². The second-order valence-corrected chi connectivity index (χ2v) is 11.8. The number of nitrogens with zero attached hydrogens (tertiary/aromatic N) is 2. The fraction of sp³-hybridized carbons (Fsp3) is 0.229. The van der Waals surface area contributed by atoms with Crippen LogP contribution in [0.3, 0.4) is 0 Å². The fourth-order valence-electron chi connectivity index (χ4n) is 5.33. The molecule has 0 spiro atoms. The van der Waals surface area contributed by atoms with Gasteiger partial charge in [-0.3, -0.25) is 9.89 Å². The van der Waals surface area contributed by atoms with Crippen LogP contribution in [0.4, 0.5) is 0 Å². The van der Waals surface area contributed by atoms with Crippen LogP contribution in [0.15, 0.2) is 115 Å². The van der Waals surface area contributed by atoms with Crippen molar-refractivity contribution in [2.75, 3.05) is 5.75 Å². The first-order chi connectivity index (χ1) is 21.6. The van der Waals surface area contributed by atoms with Crippen LogP contribution >= 0.6 is 11.8 Å². The molecule has 0 bridgehead atoms. The number of benzene rings is 4. The maximum absolute atomic E-state index is 12.6. The molecule has 3 N–H and O–H groups in total. The normalized spacial score (nSPS) is 19.9. The van der Waals surface area contributed by atoms with E-state index in [-0.39, 0.29) is 30.6 Å². The van der Waals surface area contributed by atoms with Gasteiger partial charge in [-0.05, 0) is 52.1 Å². The number of amides is 1. The van der Waals surface area contributed by atoms with Crippen molar-refractivity contribution in [3.05, 3.63) is 137 Å². The van der Waals surface area contributed by atoms with Gasteiger partial charge in [0, 0.05) is 29.3 Å². The van der Waals surface area contributed by atoms with Gasteiger partial charge in [0.05, 0.1) is 18.8 Å². The minimum atomic E-state index is -0.581. The van der Waals surface area contributed by atoms with Gasteiger partial charge < -0.3 is 19.9 Å². The van der Waals surface area contributed by atoms with Crippen LogP contribution in [0.1, 0.15) is 51.9 Å². The third-order valence-electron chi connectivity index (χ3n) is 7.81. The van der Waals surface area contributed by atoms with Crippen LogP contribution in [-0.4, -0.2) is 38.1 Å². The molecule has 0 radical (unpaired) electrons. The van der Waals surface area contributed by atoms with Crippen molar-refractivity contribution in [3.63, 3.8) is 0 Å². The summed E-state index contributed by atoms with van der Waals surface area (Å²) in [5, 5.41) is 20.2. The Kier molecular flexibility index (Phi) is 9.48. The minimum Gasteiger partial charge on any atom is -0.392 e. The molecule has 224 valence electrons. The Morgan fingerprint density at radius 2 is 1.66 bits per heavy atom. The number of H-pyrrole nitrogens is 1. The van der Waals surface area contributed by atoms with Gasteiger partial charge in [-0.15, -0.1) is 0 Å². The van der Waals surface area contributed by atoms with Crippen LogP contribution in [-0.2, 0) is 22.6 Å². The molecule has 2 heterocycles. The van der Waals surface area contributed by atoms with Gasteiger partial charge in [-0.2, -0.15) is 5.10 Å². The molecule has 8 nitrogen and oxygen atoms in total. The van der Waals surface area contributed by atoms with Crippen molar-refractivity contribution in [2.24, 2.45) is 5.92 Å². The monoisotopic (exact) mass is 606 g/mol. The average Bonchev–Trinajstić information content (AvgIpc) is 3.61. The van der Waals surface area contributed by atoms with Crippen molar-refractivity contribution in [3.8, 4) is 11.1 Å². The van der Waals surface area contributed by atoms with Gasteiger partial charge in [-0.25, -0.2) is 4.98 Å². The number of aromatic amines is 1. The smallest absolute Gasteiger partial charge is 0.251 e. The molecule has 4 aromatic carbocycles. The molecule has 5 aromatic rings. The quantitative estimate of drug-likeness (QED) is 0.156. The number of aromatic nitrogens is 3. The number of carbonyl (C=O) groups excluding carboxylic acids is 1. The van der Waals surface area contributed by atoms with E-state index in [9.17, 15) is 9.90 Å². The highest BCUT2D eigenvalue weighted by Gasteiger charge is 2.38. The van der Waals surface area contributed by atoms with Gasteiger partial charge in [0.15, 0.2) is 11.4 Å². The average molecular weight is 607 g/mol. The first-order valence-corrected chi connectivity index (χ1v) is 15.6. The zero-order valence-corrected chi connectivity index (χ0v) is 25.1. The Morgan fingerprint density at radius 1 is 0.886 bits per heavy atom. The van der Waals surface area contributed by atoms with Crippen molar-refractivity contribution >= 4 is 17.7 Å². The summed E-state index contributed by atoms with van der Waals surface area (Å²) in [5.41, 5.74) is 6.53. The number of rotatable bonds is 10. The number of aliphatic hydroxyl groups is 1. The summed E-state index contributed by atoms with van der Waals surface area (Å²) < 4.78 is 13.3. The van der Waals surface area contributed by atoms with Crippen molar-refractivity contribution in [2.45, 2.75) is 43.7 Å². The maximum Gasteiger partial charge on any atom is 0.251 e. The SMILES string of the molecule is C[C@H]1[C@@H](CSc2ncn[nH]2)O[C@@H](c2cccc(-c3cccc(CNC(=O)c4ccccc4)c3)c2)O[C@H]1c1ccc(CO)cc1. The number of nitrogens with one attached hydrogen (secondary N) is 2. The zero-order valence-electron chi connectivity index (χ0n) is 24.3. The third kappa shape index (κ3) is 7.09. The highest BCUT2D eigenvalue weighted by atomic mass is 32.2. The topological polar surface area (TPSA) is 109 Å². The Morgan fingerprint density at radius 3 is 2.41 bits per heavy atom. The summed E-state index contributed by atoms with van der Waals surface area (Å²) in [6.45, 7) is 2.57. The van der Waals surface area contributed by atoms with Gasteiger partial charge in [-0.1, -0.05) is 97.5 Å². The fourth-order valence-corrected chi connectivity index (χ4v) is 6.28. The molecule has 1 aliphatic heterocycles. The van der Waals surface area contributed by atoms with Gasteiger partial charge >= 0.3 is 0 Å². The van der Waals surface area contributed by atoms with E-state index in [1.807, 2.05) is 66.7 Å². The molecule has 1 fully saturated rings. The summed E-state index contributed by atoms with van der Waals surface area (Å²) in [7, 11) is 0. The molecule has 0 unspecified atom stereocenters. The van der Waals surface area contributed by atoms with Crippen molar-refractivity contribution in [1.82, 2.24) is 20.5 Å². The van der Waals surface area contributed by atoms with Crippen LogP contribution in [0, 0.1) is 5.92 Å². The predicted molar refractivity (Wildman–Crippen MR) is 170 cm³/mol. The Bertz CT molecular complexity index is 1660. The standard InChI is InChI=1S/C35H34N4O4S/c1-23-31(21-44-35-37-22-38-39-35)42-34(43-32(23)26-15-13-24(20-40)14-16-26)30-12-6-11-29(18-30)28-10-5-7-25(17-28)19-36-33(41)27-8-3-2-4-9-27/h2-18,22-23,31-32,34,40H,19-21H2,1H3,(H,36,41)(H,37,38,39)/t23-,31+,32+,34+/m0/s1. The van der Waals surface area contributed by atoms with Gasteiger partial charge in [0.2, 0.25) is 0 Å². The molecule has 1 saturated heterocycles. The molecule has 9 heteroatoms. The number of thioether (sulfide) groups is 1. The van der Waals surface area contributed by atoms with E-state index in [0.717, 1.165) is 38.5 Å². The van der Waals surface area contributed by atoms with Crippen molar-refractivity contribution in [1.29, 1.82) is 0 Å². The van der Waals surface area contributed by atoms with Crippen LogP contribution < -0.4 is 5.32 Å². The summed E-state index contributed by atoms with van der Waals surface area (Å²) in [5.74, 6) is 0.640. The van der Waals surface area contributed by atoms with Crippen LogP contribution in [0.5, 0.6) is 0 Å². The minimum absolute atomic E-state index is 0.00305. The Labute approximate surface area is 260 Å². The van der Waals surface area contributed by atoms with E-state index < -0.39 is 6.29 Å². The first-order valence-electron chi connectivity index (χ1n) is 14.6. The molecule has 1 aromatic heterocycles. The molecular formula is C35H34N4O4S. The lowest BCUT2D eigenvalue weighted by atomic mass is 9.91. The second kappa shape index (κ2) is 14.0. The molecular weight excluding hydrogens is 572 g/mol. The molecule has 0 aliphatic carbocycles. The van der Waals surface area contributed by atoms with E-state index in [1.165, 1.54) is 6.33 Å². The number of hydrogen-bond donors (Lipinski definition) is 3. The lowest BCUT2D eigenvalue weighted by molar-refractivity contribution is -0.268. The molecule has 6 rings (SSSR count).